The summed E-state index contributed by atoms with van der Waals surface area (Å²) in [5.41, 5.74) is 0.886. The van der Waals surface area contributed by atoms with Crippen molar-refractivity contribution < 1.29 is 31.1 Å². The summed E-state index contributed by atoms with van der Waals surface area (Å²) in [4.78, 5) is 21.8. The van der Waals surface area contributed by atoms with Gasteiger partial charge in [0.1, 0.15) is 5.52 Å². The van der Waals surface area contributed by atoms with Gasteiger partial charge in [-0.25, -0.2) is 40.1 Å². The number of aromatic nitrogens is 4. The van der Waals surface area contributed by atoms with Crippen LogP contribution in [0.1, 0.15) is 62.6 Å². The van der Waals surface area contributed by atoms with Crippen molar-refractivity contribution in [2.45, 2.75) is 63.8 Å². The van der Waals surface area contributed by atoms with E-state index in [0.717, 1.165) is 47.5 Å². The summed E-state index contributed by atoms with van der Waals surface area (Å²) >= 11 is 0. The number of aryl methyl sites for hydroxylation is 1. The number of esters is 1. The third-order valence-corrected chi connectivity index (χ3v) is 10.8. The summed E-state index contributed by atoms with van der Waals surface area (Å²) in [5.74, 6) is -1.31. The minimum absolute atomic E-state index is 0.0309. The molecule has 3 aliphatic rings. The number of hydrogen-bond acceptors (Lipinski definition) is 8. The number of halogens is 3. The number of nitrogens with zero attached hydrogens (tertiary/aromatic N) is 5. The monoisotopic (exact) mass is 668 g/mol. The number of fused-ring (bicyclic) bond motifs is 4. The average molecular weight is 669 g/mol. The summed E-state index contributed by atoms with van der Waals surface area (Å²) < 4.78 is 77.6. The van der Waals surface area contributed by atoms with Crippen molar-refractivity contribution >= 4 is 45.9 Å². The Bertz CT molecular complexity index is 1970. The summed E-state index contributed by atoms with van der Waals surface area (Å²) in [5, 5.41) is 7.87. The molecular weight excluding hydrogens is 633 g/mol. The Labute approximate surface area is 270 Å². The lowest BCUT2D eigenvalue weighted by Gasteiger charge is -2.47. The van der Waals surface area contributed by atoms with Crippen LogP contribution < -0.4 is 5.32 Å². The van der Waals surface area contributed by atoms with E-state index in [4.69, 9.17) is 9.72 Å². The maximum atomic E-state index is 14.5. The first-order chi connectivity index (χ1) is 22.4. The number of aliphatic imine (C=N–C) groups is 1. The molecule has 0 amide bonds. The van der Waals surface area contributed by atoms with Crippen molar-refractivity contribution in [1.82, 2.24) is 18.6 Å². The van der Waals surface area contributed by atoms with Crippen LogP contribution in [0, 0.1) is 24.7 Å². The maximum Gasteiger partial charge on any atom is 0.311 e. The molecule has 3 fully saturated rings. The van der Waals surface area contributed by atoms with Gasteiger partial charge in [0.25, 0.3) is 16.4 Å². The van der Waals surface area contributed by atoms with Crippen LogP contribution in [-0.2, 0) is 19.6 Å². The topological polar surface area (TPSA) is 120 Å². The number of nitrogens with one attached hydrogen (secondary N) is 1. The highest BCUT2D eigenvalue weighted by Gasteiger charge is 2.48. The van der Waals surface area contributed by atoms with Gasteiger partial charge in [0.15, 0.2) is 17.5 Å². The van der Waals surface area contributed by atoms with Crippen molar-refractivity contribution in [3.8, 4) is 11.4 Å². The van der Waals surface area contributed by atoms with Crippen LogP contribution in [0.4, 0.5) is 24.8 Å². The van der Waals surface area contributed by atoms with E-state index < -0.39 is 28.2 Å². The van der Waals surface area contributed by atoms with Gasteiger partial charge in [-0.1, -0.05) is 17.7 Å². The van der Waals surface area contributed by atoms with E-state index in [0.29, 0.717) is 0 Å². The van der Waals surface area contributed by atoms with Crippen LogP contribution in [0.3, 0.4) is 0 Å². The maximum absolute atomic E-state index is 14.5. The van der Waals surface area contributed by atoms with E-state index in [-0.39, 0.29) is 75.0 Å². The van der Waals surface area contributed by atoms with Crippen molar-refractivity contribution in [1.29, 1.82) is 0 Å². The highest BCUT2D eigenvalue weighted by molar-refractivity contribution is 7.90. The lowest BCUT2D eigenvalue weighted by molar-refractivity contribution is -0.154. The first kappa shape index (κ1) is 32.5. The Morgan fingerprint density at radius 1 is 1.17 bits per heavy atom. The average Bonchev–Trinajstić information content (AvgIpc) is 3.64. The van der Waals surface area contributed by atoms with Gasteiger partial charge in [-0.3, -0.25) is 4.79 Å². The van der Waals surface area contributed by atoms with Crippen LogP contribution in [0.5, 0.6) is 0 Å². The summed E-state index contributed by atoms with van der Waals surface area (Å²) in [7, 11) is -4.25. The van der Waals surface area contributed by atoms with Gasteiger partial charge in [-0.2, -0.15) is 0 Å². The van der Waals surface area contributed by atoms with Crippen LogP contribution >= 0.6 is 0 Å². The predicted molar refractivity (Wildman–Crippen MR) is 172 cm³/mol. The second kappa shape index (κ2) is 12.6. The van der Waals surface area contributed by atoms with Gasteiger partial charge < -0.3 is 10.1 Å². The molecule has 3 aliphatic carbocycles. The molecule has 0 saturated heterocycles. The molecule has 1 N–H and O–H groups in total. The minimum atomic E-state index is -4.25. The second-order valence-electron chi connectivity index (χ2n) is 12.1. The van der Waals surface area contributed by atoms with Crippen LogP contribution in [0.2, 0.25) is 0 Å². The number of allylic oxidation sites excluding steroid dienone is 1. The van der Waals surface area contributed by atoms with Crippen LogP contribution in [-0.4, -0.2) is 52.3 Å². The summed E-state index contributed by atoms with van der Waals surface area (Å²) in [6.07, 6.45) is 4.21. The number of benzene rings is 1. The Morgan fingerprint density at radius 2 is 1.85 bits per heavy atom. The molecule has 248 valence electrons. The number of rotatable bonds is 10. The fraction of sp³-hybridized carbons (Fsp3) is 0.394. The number of hydrogen-bond donors (Lipinski definition) is 1. The zero-order valence-electron chi connectivity index (χ0n) is 26.2. The predicted octanol–water partition coefficient (Wildman–Crippen LogP) is 7.12. The summed E-state index contributed by atoms with van der Waals surface area (Å²) in [6, 6.07) is 7.07. The Balaban J connectivity index is 1.54. The molecule has 7 rings (SSSR count). The van der Waals surface area contributed by atoms with Gasteiger partial charge in [-0.05, 0) is 89.3 Å². The molecule has 0 unspecified atom stereocenters. The van der Waals surface area contributed by atoms with Gasteiger partial charge in [0, 0.05) is 35.1 Å². The van der Waals surface area contributed by atoms with Crippen molar-refractivity contribution in [2.24, 2.45) is 22.7 Å². The van der Waals surface area contributed by atoms with Gasteiger partial charge in [0.05, 0.1) is 23.2 Å². The number of alkyl halides is 2. The minimum Gasteiger partial charge on any atom is -0.466 e. The first-order valence-electron chi connectivity index (χ1n) is 15.4. The van der Waals surface area contributed by atoms with Gasteiger partial charge in [-0.15, -0.1) is 5.10 Å². The molecule has 14 heteroatoms. The summed E-state index contributed by atoms with van der Waals surface area (Å²) in [6.45, 7) is 8.53. The largest absolute Gasteiger partial charge is 0.466 e. The van der Waals surface area contributed by atoms with Crippen LogP contribution in [0.25, 0.3) is 23.0 Å². The van der Waals surface area contributed by atoms with Gasteiger partial charge in [0.2, 0.25) is 0 Å². The van der Waals surface area contributed by atoms with Crippen LogP contribution in [0.15, 0.2) is 58.4 Å². The molecule has 0 aliphatic heterocycles. The van der Waals surface area contributed by atoms with E-state index >= 15 is 0 Å². The third kappa shape index (κ3) is 5.94. The fourth-order valence-corrected chi connectivity index (χ4v) is 8.25. The standard InChI is InChI=1S/C33H35F3N6O4S/c1-5-46-33(43)27-20-8-10-21(11-9-20)28(27)38-31-26-15-22(29(35)36)16-41(26)40-30(39-31)25-17-42(32(37-4)24(25)14-19(3)34)47(44,45)23-12-6-18(2)7-13-23/h6-7,12-17,20-21,27-29H,4-5,8-11H2,1-3H3,(H,38,39,40)/b19-14+/t20-,21+,27-,28-/m0/s1. The zero-order chi connectivity index (χ0) is 33.6. The Hall–Kier alpha value is -4.46. The van der Waals surface area contributed by atoms with E-state index in [2.05, 4.69) is 22.1 Å². The highest BCUT2D eigenvalue weighted by Crippen LogP contribution is 2.47. The smallest absolute Gasteiger partial charge is 0.311 e. The third-order valence-electron chi connectivity index (χ3n) is 9.12. The SMILES string of the molecule is C=Nc1c(/C=C(\C)F)c(-c2nc(N[C@H]3[C@H]4CC[C@H](CC4)[C@@H]3C(=O)OCC)c3cc(C(F)F)cn3n2)cn1S(=O)(=O)c1ccc(C)cc1. The Kier molecular flexibility index (Phi) is 8.72. The molecule has 10 nitrogen and oxygen atoms in total. The molecule has 3 heterocycles. The van der Waals surface area contributed by atoms with Crippen molar-refractivity contribution in [3.63, 3.8) is 0 Å². The molecular formula is C33H35F3N6O4S. The molecule has 2 bridgehead atoms. The van der Waals surface area contributed by atoms with Gasteiger partial charge >= 0.3 is 5.97 Å². The molecule has 47 heavy (non-hydrogen) atoms. The number of anilines is 1. The quantitative estimate of drug-likeness (QED) is 0.141. The first-order valence-corrected chi connectivity index (χ1v) is 16.9. The normalized spacial score (nSPS) is 21.4. The molecule has 2 atom stereocenters. The number of ether oxygens (including phenoxy) is 1. The Morgan fingerprint density at radius 3 is 2.47 bits per heavy atom. The lowest BCUT2D eigenvalue weighted by Crippen LogP contribution is -2.52. The molecule has 3 saturated carbocycles. The molecule has 0 spiro atoms. The molecule has 1 aromatic carbocycles. The van der Waals surface area contributed by atoms with E-state index in [9.17, 15) is 26.4 Å². The number of carbonyl (C=O) groups is 1. The fourth-order valence-electron chi connectivity index (χ4n) is 6.92. The molecule has 3 aromatic heterocycles. The highest BCUT2D eigenvalue weighted by atomic mass is 32.2. The molecule has 0 radical (unpaired) electrons. The van der Waals surface area contributed by atoms with Crippen molar-refractivity contribution in [2.75, 3.05) is 11.9 Å². The molecule has 4 aromatic rings. The zero-order valence-corrected chi connectivity index (χ0v) is 27.0. The van der Waals surface area contributed by atoms with Crippen molar-refractivity contribution in [3.05, 3.63) is 65.2 Å². The van der Waals surface area contributed by atoms with E-state index in [1.807, 2.05) is 6.92 Å². The lowest BCUT2D eigenvalue weighted by atomic mass is 9.61. The second-order valence-corrected chi connectivity index (χ2v) is 13.9. The van der Waals surface area contributed by atoms with E-state index in [1.54, 1.807) is 19.1 Å². The van der Waals surface area contributed by atoms with E-state index in [1.165, 1.54) is 35.8 Å². The number of carbonyl (C=O) groups excluding carboxylic acids is 1.